The Balaban J connectivity index is 2.19. The second-order valence-electron chi connectivity index (χ2n) is 3.97. The van der Waals surface area contributed by atoms with Crippen molar-refractivity contribution in [1.29, 1.82) is 0 Å². The molecule has 2 aromatic rings. The third-order valence-electron chi connectivity index (χ3n) is 2.39. The van der Waals surface area contributed by atoms with Gasteiger partial charge in [-0.15, -0.1) is 0 Å². The molecular formula is C13H12Cl3N3O. The molecule has 0 atom stereocenters. The van der Waals surface area contributed by atoms with Gasteiger partial charge in [0.25, 0.3) is 0 Å². The Morgan fingerprint density at radius 2 is 1.80 bits per heavy atom. The van der Waals surface area contributed by atoms with Gasteiger partial charge in [0, 0.05) is 18.7 Å². The molecule has 0 aliphatic rings. The van der Waals surface area contributed by atoms with Crippen molar-refractivity contribution in [2.45, 2.75) is 13.3 Å². The lowest BCUT2D eigenvalue weighted by atomic mass is 10.3. The number of nitrogens with one attached hydrogen (secondary N) is 1. The summed E-state index contributed by atoms with van der Waals surface area (Å²) in [7, 11) is 0. The maximum atomic E-state index is 6.05. The molecule has 0 saturated heterocycles. The molecule has 1 heterocycles. The molecule has 0 bridgehead atoms. The van der Waals surface area contributed by atoms with Gasteiger partial charge in [0.1, 0.15) is 17.9 Å². The largest absolute Gasteiger partial charge is 0.437 e. The lowest BCUT2D eigenvalue weighted by Crippen LogP contribution is -2.02. The third kappa shape index (κ3) is 3.88. The minimum Gasteiger partial charge on any atom is -0.437 e. The molecule has 7 heteroatoms. The molecule has 0 aliphatic heterocycles. The molecule has 1 N–H and O–H groups in total. The van der Waals surface area contributed by atoms with Gasteiger partial charge >= 0.3 is 0 Å². The van der Waals surface area contributed by atoms with Crippen molar-refractivity contribution in [1.82, 2.24) is 9.97 Å². The number of aromatic nitrogens is 2. The number of ether oxygens (including phenoxy) is 1. The van der Waals surface area contributed by atoms with Crippen LogP contribution in [0.4, 0.5) is 5.82 Å². The van der Waals surface area contributed by atoms with E-state index < -0.39 is 0 Å². The molecule has 1 aromatic heterocycles. The fourth-order valence-corrected chi connectivity index (χ4v) is 2.02. The molecular weight excluding hydrogens is 321 g/mol. The number of anilines is 1. The van der Waals surface area contributed by atoms with Crippen LogP contribution in [-0.4, -0.2) is 16.5 Å². The first-order chi connectivity index (χ1) is 9.60. The van der Waals surface area contributed by atoms with E-state index in [1.54, 1.807) is 12.1 Å². The van der Waals surface area contributed by atoms with Crippen molar-refractivity contribution >= 4 is 40.6 Å². The van der Waals surface area contributed by atoms with E-state index in [-0.39, 0.29) is 0 Å². The third-order valence-corrected chi connectivity index (χ3v) is 3.40. The first-order valence-corrected chi connectivity index (χ1v) is 7.12. The average molecular weight is 333 g/mol. The van der Waals surface area contributed by atoms with E-state index >= 15 is 0 Å². The molecule has 0 unspecified atom stereocenters. The van der Waals surface area contributed by atoms with Gasteiger partial charge in [-0.3, -0.25) is 0 Å². The van der Waals surface area contributed by atoms with Crippen LogP contribution in [0.2, 0.25) is 15.1 Å². The Morgan fingerprint density at radius 1 is 1.05 bits per heavy atom. The molecule has 0 aliphatic carbocycles. The summed E-state index contributed by atoms with van der Waals surface area (Å²) in [6, 6.07) is 4.76. The summed E-state index contributed by atoms with van der Waals surface area (Å²) >= 11 is 17.8. The predicted molar refractivity (Wildman–Crippen MR) is 82.4 cm³/mol. The van der Waals surface area contributed by atoms with Crippen LogP contribution in [0.1, 0.15) is 13.3 Å². The second-order valence-corrected chi connectivity index (χ2v) is 5.19. The molecule has 0 spiro atoms. The molecule has 0 radical (unpaired) electrons. The SMILES string of the molecule is CCCNc1cc(Oc2cc(Cl)c(Cl)cc2Cl)ncn1. The Morgan fingerprint density at radius 3 is 2.55 bits per heavy atom. The van der Waals surface area contributed by atoms with Crippen LogP contribution >= 0.6 is 34.8 Å². The zero-order chi connectivity index (χ0) is 14.5. The van der Waals surface area contributed by atoms with Gasteiger partial charge in [-0.1, -0.05) is 41.7 Å². The van der Waals surface area contributed by atoms with Gasteiger partial charge in [0.15, 0.2) is 0 Å². The van der Waals surface area contributed by atoms with Gasteiger partial charge in [-0.2, -0.15) is 0 Å². The highest BCUT2D eigenvalue weighted by atomic mass is 35.5. The quantitative estimate of drug-likeness (QED) is 0.778. The topological polar surface area (TPSA) is 47.0 Å². The van der Waals surface area contributed by atoms with Crippen LogP contribution in [0.15, 0.2) is 24.5 Å². The summed E-state index contributed by atoms with van der Waals surface area (Å²) in [4.78, 5) is 8.12. The summed E-state index contributed by atoms with van der Waals surface area (Å²) in [5, 5.41) is 4.24. The molecule has 1 aromatic carbocycles. The zero-order valence-corrected chi connectivity index (χ0v) is 12.9. The van der Waals surface area contributed by atoms with Crippen molar-refractivity contribution in [3.05, 3.63) is 39.6 Å². The van der Waals surface area contributed by atoms with E-state index in [9.17, 15) is 0 Å². The van der Waals surface area contributed by atoms with Crippen LogP contribution in [0.25, 0.3) is 0 Å². The normalized spacial score (nSPS) is 10.4. The van der Waals surface area contributed by atoms with Gasteiger partial charge in [-0.25, -0.2) is 9.97 Å². The highest BCUT2D eigenvalue weighted by Crippen LogP contribution is 2.36. The summed E-state index contributed by atoms with van der Waals surface area (Å²) in [6.07, 6.45) is 2.41. The number of hydrogen-bond acceptors (Lipinski definition) is 4. The van der Waals surface area contributed by atoms with Crippen LogP contribution in [0.3, 0.4) is 0 Å². The zero-order valence-electron chi connectivity index (χ0n) is 10.7. The Bertz CT molecular complexity index is 607. The molecule has 106 valence electrons. The van der Waals surface area contributed by atoms with Crippen molar-refractivity contribution in [2.24, 2.45) is 0 Å². The molecule has 0 fully saturated rings. The first kappa shape index (κ1) is 15.2. The minimum absolute atomic E-state index is 0.362. The lowest BCUT2D eigenvalue weighted by Gasteiger charge is -2.09. The van der Waals surface area contributed by atoms with Gasteiger partial charge in [0.05, 0.1) is 15.1 Å². The summed E-state index contributed by atoms with van der Waals surface area (Å²) in [5.41, 5.74) is 0. The molecule has 20 heavy (non-hydrogen) atoms. The standard InChI is InChI=1S/C13H12Cl3N3O/c1-2-3-17-12-6-13(19-7-18-12)20-11-5-9(15)8(14)4-10(11)16/h4-7H,2-3H2,1H3,(H,17,18,19). The number of nitrogens with zero attached hydrogens (tertiary/aromatic N) is 2. The van der Waals surface area contributed by atoms with Crippen LogP contribution in [-0.2, 0) is 0 Å². The average Bonchev–Trinajstić information content (AvgIpc) is 2.43. The van der Waals surface area contributed by atoms with E-state index in [1.165, 1.54) is 12.4 Å². The van der Waals surface area contributed by atoms with Crippen molar-refractivity contribution in [3.8, 4) is 11.6 Å². The minimum atomic E-state index is 0.362. The smallest absolute Gasteiger partial charge is 0.224 e. The number of hydrogen-bond donors (Lipinski definition) is 1. The van der Waals surface area contributed by atoms with E-state index in [2.05, 4.69) is 22.2 Å². The Hall–Kier alpha value is -1.23. The maximum Gasteiger partial charge on any atom is 0.224 e. The van der Waals surface area contributed by atoms with E-state index in [4.69, 9.17) is 39.5 Å². The van der Waals surface area contributed by atoms with Gasteiger partial charge < -0.3 is 10.1 Å². The van der Waals surface area contributed by atoms with E-state index in [0.717, 1.165) is 13.0 Å². The summed E-state index contributed by atoms with van der Waals surface area (Å²) < 4.78 is 5.60. The lowest BCUT2D eigenvalue weighted by molar-refractivity contribution is 0.462. The fraction of sp³-hybridized carbons (Fsp3) is 0.231. The highest BCUT2D eigenvalue weighted by molar-refractivity contribution is 6.43. The van der Waals surface area contributed by atoms with Crippen molar-refractivity contribution < 1.29 is 4.74 Å². The maximum absolute atomic E-state index is 6.05. The van der Waals surface area contributed by atoms with Crippen molar-refractivity contribution in [2.75, 3.05) is 11.9 Å². The summed E-state index contributed by atoms with van der Waals surface area (Å²) in [6.45, 7) is 2.89. The van der Waals surface area contributed by atoms with Crippen molar-refractivity contribution in [3.63, 3.8) is 0 Å². The van der Waals surface area contributed by atoms with Crippen LogP contribution in [0, 0.1) is 0 Å². The molecule has 2 rings (SSSR count). The Kier molecular flexibility index (Phi) is 5.29. The predicted octanol–water partition coefficient (Wildman–Crippen LogP) is 5.05. The number of benzene rings is 1. The van der Waals surface area contributed by atoms with E-state index in [0.29, 0.717) is 32.5 Å². The van der Waals surface area contributed by atoms with Gasteiger partial charge in [-0.05, 0) is 12.5 Å². The van der Waals surface area contributed by atoms with Crippen LogP contribution in [0.5, 0.6) is 11.6 Å². The second kappa shape index (κ2) is 6.97. The fourth-order valence-electron chi connectivity index (χ4n) is 1.44. The molecule has 0 amide bonds. The molecule has 0 saturated carbocycles. The van der Waals surface area contributed by atoms with Crippen LogP contribution < -0.4 is 10.1 Å². The highest BCUT2D eigenvalue weighted by Gasteiger charge is 2.09. The molecule has 4 nitrogen and oxygen atoms in total. The summed E-state index contributed by atoms with van der Waals surface area (Å²) in [5.74, 6) is 1.45. The van der Waals surface area contributed by atoms with E-state index in [1.807, 2.05) is 0 Å². The first-order valence-electron chi connectivity index (χ1n) is 5.98. The van der Waals surface area contributed by atoms with Gasteiger partial charge in [0.2, 0.25) is 5.88 Å². The number of rotatable bonds is 5. The Labute approximate surface area is 132 Å². The number of halogens is 3. The monoisotopic (exact) mass is 331 g/mol.